The summed E-state index contributed by atoms with van der Waals surface area (Å²) < 4.78 is 0. The van der Waals surface area contributed by atoms with E-state index in [1.54, 1.807) is 0 Å². The fourth-order valence-electron chi connectivity index (χ4n) is 3.37. The molecule has 0 fully saturated rings. The lowest BCUT2D eigenvalue weighted by atomic mass is 10.1. The van der Waals surface area contributed by atoms with Crippen LogP contribution in [0.25, 0.3) is 0 Å². The lowest BCUT2D eigenvalue weighted by Gasteiger charge is -2.08. The highest BCUT2D eigenvalue weighted by Gasteiger charge is 1.99. The van der Waals surface area contributed by atoms with Crippen LogP contribution in [0.15, 0.2) is 60.7 Å². The van der Waals surface area contributed by atoms with Crippen molar-refractivity contribution < 1.29 is 4.79 Å². The number of benzene rings is 2. The molecular formula is C25H36N2O. The van der Waals surface area contributed by atoms with Crippen molar-refractivity contribution >= 4 is 6.03 Å². The molecule has 0 aliphatic carbocycles. The van der Waals surface area contributed by atoms with Gasteiger partial charge in [0.25, 0.3) is 0 Å². The molecule has 0 aliphatic heterocycles. The normalized spacial score (nSPS) is 10.6. The molecule has 0 heterocycles. The van der Waals surface area contributed by atoms with Crippen molar-refractivity contribution in [1.29, 1.82) is 0 Å². The number of nitrogens with one attached hydrogen (secondary N) is 2. The number of amides is 2. The van der Waals surface area contributed by atoms with Crippen molar-refractivity contribution in [2.45, 2.75) is 64.2 Å². The lowest BCUT2D eigenvalue weighted by molar-refractivity contribution is 0.240. The second-order valence-corrected chi connectivity index (χ2v) is 7.48. The van der Waals surface area contributed by atoms with E-state index in [2.05, 4.69) is 71.3 Å². The summed E-state index contributed by atoms with van der Waals surface area (Å²) in [5.74, 6) is 0. The van der Waals surface area contributed by atoms with Gasteiger partial charge < -0.3 is 10.6 Å². The molecule has 2 amide bonds. The number of carbonyl (C=O) groups excluding carboxylic acids is 1. The van der Waals surface area contributed by atoms with E-state index in [0.29, 0.717) is 0 Å². The molecule has 0 unspecified atom stereocenters. The van der Waals surface area contributed by atoms with Crippen LogP contribution < -0.4 is 10.6 Å². The number of carbonyl (C=O) groups is 1. The van der Waals surface area contributed by atoms with Crippen LogP contribution in [-0.4, -0.2) is 19.1 Å². The van der Waals surface area contributed by atoms with Crippen LogP contribution in [-0.2, 0) is 12.8 Å². The summed E-state index contributed by atoms with van der Waals surface area (Å²) in [7, 11) is 0. The molecule has 0 atom stereocenters. The standard InChI is InChI=1S/C25H36N2O/c28-25(26-21-13-3-1-7-15-23-17-9-5-10-18-23)27-22-14-4-2-8-16-24-19-11-6-12-20-24/h5-6,9-12,17-20H,1-4,7-8,13-16,21-22H2,(H2,26,27,28). The fraction of sp³-hybridized carbons (Fsp3) is 0.480. The highest BCUT2D eigenvalue weighted by atomic mass is 16.2. The lowest BCUT2D eigenvalue weighted by Crippen LogP contribution is -2.36. The van der Waals surface area contributed by atoms with E-state index in [0.717, 1.165) is 38.8 Å². The van der Waals surface area contributed by atoms with Gasteiger partial charge in [0.15, 0.2) is 0 Å². The van der Waals surface area contributed by atoms with Crippen molar-refractivity contribution in [1.82, 2.24) is 10.6 Å². The Morgan fingerprint density at radius 2 is 0.929 bits per heavy atom. The van der Waals surface area contributed by atoms with Gasteiger partial charge in [0, 0.05) is 13.1 Å². The second kappa shape index (κ2) is 14.7. The second-order valence-electron chi connectivity index (χ2n) is 7.48. The monoisotopic (exact) mass is 380 g/mol. The minimum absolute atomic E-state index is 0.0198. The molecule has 3 heteroatoms. The summed E-state index contributed by atoms with van der Waals surface area (Å²) in [5.41, 5.74) is 2.83. The summed E-state index contributed by atoms with van der Waals surface area (Å²) in [5, 5.41) is 5.93. The number of hydrogen-bond donors (Lipinski definition) is 2. The van der Waals surface area contributed by atoms with Crippen LogP contribution in [0.4, 0.5) is 4.79 Å². The molecule has 0 saturated heterocycles. The molecule has 0 saturated carbocycles. The van der Waals surface area contributed by atoms with Crippen molar-refractivity contribution in [3.63, 3.8) is 0 Å². The number of rotatable bonds is 14. The van der Waals surface area contributed by atoms with Crippen LogP contribution in [0, 0.1) is 0 Å². The van der Waals surface area contributed by atoms with E-state index in [4.69, 9.17) is 0 Å². The summed E-state index contributed by atoms with van der Waals surface area (Å²) >= 11 is 0. The molecule has 2 rings (SSSR count). The SMILES string of the molecule is O=C(NCCCCCCc1ccccc1)NCCCCCCc1ccccc1. The summed E-state index contributed by atoms with van der Waals surface area (Å²) in [6.07, 6.45) is 11.7. The maximum absolute atomic E-state index is 11.8. The third-order valence-corrected chi connectivity index (χ3v) is 5.04. The van der Waals surface area contributed by atoms with E-state index in [1.807, 2.05) is 0 Å². The van der Waals surface area contributed by atoms with Gasteiger partial charge in [-0.15, -0.1) is 0 Å². The van der Waals surface area contributed by atoms with Gasteiger partial charge in [-0.25, -0.2) is 4.79 Å². The highest BCUT2D eigenvalue weighted by Crippen LogP contribution is 2.08. The minimum Gasteiger partial charge on any atom is -0.338 e. The fourth-order valence-corrected chi connectivity index (χ4v) is 3.37. The van der Waals surface area contributed by atoms with Gasteiger partial charge in [0.05, 0.1) is 0 Å². The number of unbranched alkanes of at least 4 members (excludes halogenated alkanes) is 6. The predicted octanol–water partition coefficient (Wildman–Crippen LogP) is 5.89. The zero-order valence-corrected chi connectivity index (χ0v) is 17.2. The number of urea groups is 1. The number of aryl methyl sites for hydroxylation is 2. The van der Waals surface area contributed by atoms with E-state index in [1.165, 1.54) is 49.7 Å². The molecule has 0 radical (unpaired) electrons. The molecule has 0 aromatic heterocycles. The average molecular weight is 381 g/mol. The smallest absolute Gasteiger partial charge is 0.314 e. The molecule has 3 nitrogen and oxygen atoms in total. The highest BCUT2D eigenvalue weighted by molar-refractivity contribution is 5.73. The first-order chi connectivity index (χ1) is 13.8. The Bertz CT molecular complexity index is 572. The van der Waals surface area contributed by atoms with Crippen LogP contribution >= 0.6 is 0 Å². The van der Waals surface area contributed by atoms with Gasteiger partial charge in [0.2, 0.25) is 0 Å². The van der Waals surface area contributed by atoms with Crippen LogP contribution in [0.5, 0.6) is 0 Å². The molecule has 2 aromatic carbocycles. The molecule has 2 aromatic rings. The zero-order chi connectivity index (χ0) is 19.7. The Hall–Kier alpha value is -2.29. The van der Waals surface area contributed by atoms with E-state index in [-0.39, 0.29) is 6.03 Å². The Morgan fingerprint density at radius 1 is 0.536 bits per heavy atom. The summed E-state index contributed by atoms with van der Waals surface area (Å²) in [6, 6.07) is 21.3. The Labute approximate surface area is 170 Å². The largest absolute Gasteiger partial charge is 0.338 e. The molecule has 0 bridgehead atoms. The zero-order valence-electron chi connectivity index (χ0n) is 17.2. The van der Waals surface area contributed by atoms with Crippen molar-refractivity contribution in [3.8, 4) is 0 Å². The van der Waals surface area contributed by atoms with Gasteiger partial charge in [-0.1, -0.05) is 86.3 Å². The Morgan fingerprint density at radius 3 is 1.36 bits per heavy atom. The molecule has 152 valence electrons. The first-order valence-corrected chi connectivity index (χ1v) is 10.9. The maximum Gasteiger partial charge on any atom is 0.314 e. The van der Waals surface area contributed by atoms with Gasteiger partial charge >= 0.3 is 6.03 Å². The maximum atomic E-state index is 11.8. The first kappa shape index (κ1) is 22.0. The van der Waals surface area contributed by atoms with E-state index in [9.17, 15) is 4.79 Å². The molecular weight excluding hydrogens is 344 g/mol. The predicted molar refractivity (Wildman–Crippen MR) is 119 cm³/mol. The van der Waals surface area contributed by atoms with Gasteiger partial charge in [0.1, 0.15) is 0 Å². The van der Waals surface area contributed by atoms with Crippen molar-refractivity contribution in [2.24, 2.45) is 0 Å². The minimum atomic E-state index is -0.0198. The topological polar surface area (TPSA) is 41.1 Å². The summed E-state index contributed by atoms with van der Waals surface area (Å²) in [4.78, 5) is 11.8. The van der Waals surface area contributed by atoms with Crippen molar-refractivity contribution in [2.75, 3.05) is 13.1 Å². The van der Waals surface area contributed by atoms with Gasteiger partial charge in [-0.3, -0.25) is 0 Å². The molecule has 2 N–H and O–H groups in total. The molecule has 0 aliphatic rings. The first-order valence-electron chi connectivity index (χ1n) is 10.9. The van der Waals surface area contributed by atoms with Gasteiger partial charge in [-0.05, 0) is 49.7 Å². The van der Waals surface area contributed by atoms with E-state index < -0.39 is 0 Å². The van der Waals surface area contributed by atoms with Crippen molar-refractivity contribution in [3.05, 3.63) is 71.8 Å². The average Bonchev–Trinajstić information content (AvgIpc) is 2.74. The third kappa shape index (κ3) is 10.8. The number of hydrogen-bond acceptors (Lipinski definition) is 1. The third-order valence-electron chi connectivity index (χ3n) is 5.04. The summed E-state index contributed by atoms with van der Waals surface area (Å²) in [6.45, 7) is 1.54. The molecule has 28 heavy (non-hydrogen) atoms. The van der Waals surface area contributed by atoms with Crippen LogP contribution in [0.2, 0.25) is 0 Å². The Kier molecular flexibility index (Phi) is 11.6. The quantitative estimate of drug-likeness (QED) is 0.394. The Balaban J connectivity index is 1.33. The van der Waals surface area contributed by atoms with Gasteiger partial charge in [-0.2, -0.15) is 0 Å². The molecule has 0 spiro atoms. The van der Waals surface area contributed by atoms with Crippen LogP contribution in [0.3, 0.4) is 0 Å². The van der Waals surface area contributed by atoms with Crippen LogP contribution in [0.1, 0.15) is 62.5 Å². The van der Waals surface area contributed by atoms with E-state index >= 15 is 0 Å².